The van der Waals surface area contributed by atoms with Crippen LogP contribution in [0.15, 0.2) is 60.7 Å². The Bertz CT molecular complexity index is 1610. The number of carbonyl (C=O) groups excluding carboxylic acids is 1. The Balaban J connectivity index is 1.60. The highest BCUT2D eigenvalue weighted by atomic mass is 32.2. The van der Waals surface area contributed by atoms with Crippen LogP contribution in [-0.2, 0) is 10.0 Å². The second-order valence-corrected chi connectivity index (χ2v) is 11.4. The summed E-state index contributed by atoms with van der Waals surface area (Å²) in [6, 6.07) is 16.2. The number of fused-ring (bicyclic) bond motifs is 1. The molecule has 1 amide bonds. The van der Waals surface area contributed by atoms with E-state index in [1.807, 2.05) is 6.07 Å². The Morgan fingerprint density at radius 2 is 1.77 bits per heavy atom. The van der Waals surface area contributed by atoms with Gasteiger partial charge in [-0.05, 0) is 91.4 Å². The van der Waals surface area contributed by atoms with Gasteiger partial charge in [0.2, 0.25) is 10.0 Å². The molecule has 1 aliphatic carbocycles. The van der Waals surface area contributed by atoms with Gasteiger partial charge in [0.1, 0.15) is 23.0 Å². The Morgan fingerprint density at radius 3 is 2.33 bits per heavy atom. The lowest BCUT2D eigenvalue weighted by Gasteiger charge is -2.25. The molecule has 39 heavy (non-hydrogen) atoms. The van der Waals surface area contributed by atoms with E-state index in [9.17, 15) is 22.7 Å². The van der Waals surface area contributed by atoms with Crippen molar-refractivity contribution in [2.45, 2.75) is 25.2 Å². The zero-order chi connectivity index (χ0) is 27.7. The van der Waals surface area contributed by atoms with Gasteiger partial charge in [0.15, 0.2) is 0 Å². The summed E-state index contributed by atoms with van der Waals surface area (Å²) >= 11 is 0. The van der Waals surface area contributed by atoms with E-state index >= 15 is 0 Å². The molecule has 0 aliphatic heterocycles. The molecular weight excluding hydrogens is 523 g/mol. The highest BCUT2D eigenvalue weighted by molar-refractivity contribution is 7.92. The molecule has 1 heterocycles. The summed E-state index contributed by atoms with van der Waals surface area (Å²) in [5.41, 5.74) is 2.77. The number of amides is 1. The van der Waals surface area contributed by atoms with Crippen molar-refractivity contribution >= 4 is 32.5 Å². The summed E-state index contributed by atoms with van der Waals surface area (Å²) in [5, 5.41) is 17.4. The van der Waals surface area contributed by atoms with Gasteiger partial charge in [-0.2, -0.15) is 5.10 Å². The normalized spacial score (nSPS) is 13.4. The molecule has 0 unspecified atom stereocenters. The third kappa shape index (κ3) is 5.59. The van der Waals surface area contributed by atoms with E-state index in [4.69, 9.17) is 9.84 Å². The summed E-state index contributed by atoms with van der Waals surface area (Å²) in [5.74, 6) is 0.503. The fourth-order valence-corrected chi connectivity index (χ4v) is 5.55. The van der Waals surface area contributed by atoms with Crippen LogP contribution in [0.2, 0.25) is 0 Å². The monoisotopic (exact) mass is 552 g/mol. The van der Waals surface area contributed by atoms with Crippen molar-refractivity contribution < 1.29 is 27.4 Å². The molecule has 0 bridgehead atoms. The molecule has 1 saturated carbocycles. The smallest absolute Gasteiger partial charge is 0.270 e. The van der Waals surface area contributed by atoms with Crippen LogP contribution in [0.1, 0.15) is 41.2 Å². The van der Waals surface area contributed by atoms with Crippen LogP contribution in [0.3, 0.4) is 0 Å². The Morgan fingerprint density at radius 1 is 1.13 bits per heavy atom. The number of anilines is 1. The van der Waals surface area contributed by atoms with E-state index in [1.165, 1.54) is 33.3 Å². The van der Waals surface area contributed by atoms with Crippen molar-refractivity contribution in [3.8, 4) is 17.2 Å². The van der Waals surface area contributed by atoms with Crippen molar-refractivity contribution in [2.75, 3.05) is 30.8 Å². The highest BCUT2D eigenvalue weighted by Crippen LogP contribution is 2.46. The fraction of sp³-hybridized carbons (Fsp3) is 0.286. The number of rotatable bonds is 10. The third-order valence-electron chi connectivity index (χ3n) is 6.60. The number of benzene rings is 3. The maximum atomic E-state index is 13.2. The molecule has 0 saturated heterocycles. The van der Waals surface area contributed by atoms with Gasteiger partial charge >= 0.3 is 0 Å². The molecule has 0 atom stereocenters. The second-order valence-electron chi connectivity index (χ2n) is 9.50. The number of ether oxygens (including phenoxy) is 1. The van der Waals surface area contributed by atoms with E-state index in [0.29, 0.717) is 45.9 Å². The summed E-state index contributed by atoms with van der Waals surface area (Å²) in [6.45, 7) is 0.00241. The molecule has 11 heteroatoms. The van der Waals surface area contributed by atoms with E-state index in [-0.39, 0.29) is 30.8 Å². The summed E-state index contributed by atoms with van der Waals surface area (Å²) < 4.78 is 47.3. The lowest BCUT2D eigenvalue weighted by Crippen LogP contribution is -2.32. The minimum Gasteiger partial charge on any atom is -0.457 e. The molecule has 3 aromatic carbocycles. The first-order chi connectivity index (χ1) is 18.7. The minimum atomic E-state index is -3.62. The number of halogens is 1. The number of carbonyl (C=O) groups is 1. The van der Waals surface area contributed by atoms with E-state index < -0.39 is 10.0 Å². The number of hydrogen-bond donors (Lipinski definition) is 2. The van der Waals surface area contributed by atoms with Crippen molar-refractivity contribution in [3.63, 3.8) is 0 Å². The number of aliphatic hydroxyl groups is 1. The molecule has 204 valence electrons. The molecule has 2 N–H and O–H groups in total. The Labute approximate surface area is 225 Å². The number of aliphatic hydroxyl groups excluding tert-OH is 1. The number of aromatic nitrogens is 2. The summed E-state index contributed by atoms with van der Waals surface area (Å²) in [4.78, 5) is 13.1. The SMILES string of the molecule is CNC(=O)c1c2cc(C3CC3)c(N(CCCO)S(C)(=O)=O)cc2nn1-c1ccc(Oc2ccc(F)cc2)cc1. The molecular formula is C28H29FN4O5S. The molecule has 1 fully saturated rings. The molecule has 0 spiro atoms. The number of sulfonamides is 1. The van der Waals surface area contributed by atoms with Gasteiger partial charge in [0.25, 0.3) is 5.91 Å². The van der Waals surface area contributed by atoms with Crippen molar-refractivity contribution in [2.24, 2.45) is 0 Å². The average molecular weight is 553 g/mol. The number of hydrogen-bond acceptors (Lipinski definition) is 6. The zero-order valence-electron chi connectivity index (χ0n) is 21.6. The Kier molecular flexibility index (Phi) is 7.28. The number of nitrogens with one attached hydrogen (secondary N) is 1. The van der Waals surface area contributed by atoms with Crippen molar-refractivity contribution in [1.82, 2.24) is 15.1 Å². The van der Waals surface area contributed by atoms with Crippen molar-refractivity contribution in [3.05, 3.63) is 77.7 Å². The molecule has 1 aromatic heterocycles. The van der Waals surface area contributed by atoms with Crippen molar-refractivity contribution in [1.29, 1.82) is 0 Å². The summed E-state index contributed by atoms with van der Waals surface area (Å²) in [7, 11) is -2.08. The fourth-order valence-electron chi connectivity index (χ4n) is 4.57. The average Bonchev–Trinajstić information content (AvgIpc) is 3.69. The molecule has 4 aromatic rings. The molecule has 9 nitrogen and oxygen atoms in total. The highest BCUT2D eigenvalue weighted by Gasteiger charge is 2.32. The lowest BCUT2D eigenvalue weighted by atomic mass is 10.0. The van der Waals surface area contributed by atoms with Crippen LogP contribution in [0.5, 0.6) is 11.5 Å². The first kappa shape index (κ1) is 26.6. The second kappa shape index (κ2) is 10.7. The standard InChI is InChI=1S/C28H29FN4O5S/c1-30-28(35)27-24-16-23(18-4-5-18)26(32(14-3-15-34)39(2,36)37)17-25(24)31-33(27)20-8-12-22(13-9-20)38-21-10-6-19(29)7-11-21/h6-13,16-18,34H,3-5,14-15H2,1-2H3,(H,30,35). The van der Waals surface area contributed by atoms with Gasteiger partial charge < -0.3 is 15.2 Å². The number of nitrogens with zero attached hydrogens (tertiary/aromatic N) is 3. The van der Waals surface area contributed by atoms with Gasteiger partial charge in [-0.15, -0.1) is 0 Å². The lowest BCUT2D eigenvalue weighted by molar-refractivity contribution is 0.0957. The van der Waals surface area contributed by atoms with Crippen LogP contribution in [0, 0.1) is 5.82 Å². The van der Waals surface area contributed by atoms with E-state index in [0.717, 1.165) is 24.7 Å². The van der Waals surface area contributed by atoms with Crippen LogP contribution in [-0.4, -0.2) is 55.7 Å². The molecule has 1 aliphatic rings. The van der Waals surface area contributed by atoms with Crippen LogP contribution < -0.4 is 14.4 Å². The van der Waals surface area contributed by atoms with Gasteiger partial charge in [0, 0.05) is 25.6 Å². The predicted octanol–water partition coefficient (Wildman–Crippen LogP) is 4.34. The summed E-state index contributed by atoms with van der Waals surface area (Å²) in [6.07, 6.45) is 3.29. The largest absolute Gasteiger partial charge is 0.457 e. The van der Waals surface area contributed by atoms with E-state index in [1.54, 1.807) is 37.4 Å². The van der Waals surface area contributed by atoms with Gasteiger partial charge in [-0.1, -0.05) is 0 Å². The quantitative estimate of drug-likeness (QED) is 0.303. The maximum absolute atomic E-state index is 13.2. The third-order valence-corrected chi connectivity index (χ3v) is 7.78. The topological polar surface area (TPSA) is 114 Å². The first-order valence-corrected chi connectivity index (χ1v) is 14.5. The van der Waals surface area contributed by atoms with Gasteiger partial charge in [-0.3, -0.25) is 9.10 Å². The van der Waals surface area contributed by atoms with Crippen LogP contribution in [0.25, 0.3) is 16.6 Å². The minimum absolute atomic E-state index is 0.136. The predicted molar refractivity (Wildman–Crippen MR) is 147 cm³/mol. The zero-order valence-corrected chi connectivity index (χ0v) is 22.4. The van der Waals surface area contributed by atoms with Gasteiger partial charge in [-0.25, -0.2) is 17.5 Å². The molecule has 5 rings (SSSR count). The maximum Gasteiger partial charge on any atom is 0.270 e. The van der Waals surface area contributed by atoms with E-state index in [2.05, 4.69) is 5.32 Å². The van der Waals surface area contributed by atoms with Crippen LogP contribution in [0.4, 0.5) is 10.1 Å². The molecule has 0 radical (unpaired) electrons. The van der Waals surface area contributed by atoms with Crippen LogP contribution >= 0.6 is 0 Å². The first-order valence-electron chi connectivity index (χ1n) is 12.6. The Hall–Kier alpha value is -3.96. The van der Waals surface area contributed by atoms with Gasteiger partial charge in [0.05, 0.1) is 23.1 Å².